The first-order valence-electron chi connectivity index (χ1n) is 4.05. The van der Waals surface area contributed by atoms with Crippen LogP contribution < -0.4 is 0 Å². The van der Waals surface area contributed by atoms with Crippen LogP contribution in [0.15, 0.2) is 12.1 Å². The van der Waals surface area contributed by atoms with Gasteiger partial charge in [0.1, 0.15) is 5.15 Å². The van der Waals surface area contributed by atoms with Crippen LogP contribution in [0.25, 0.3) is 0 Å². The highest BCUT2D eigenvalue weighted by Crippen LogP contribution is 2.10. The van der Waals surface area contributed by atoms with Gasteiger partial charge in [0.05, 0.1) is 7.11 Å². The summed E-state index contributed by atoms with van der Waals surface area (Å²) < 4.78 is 17.1. The average Bonchev–Trinajstić information content (AvgIpc) is 2.23. The maximum Gasteiger partial charge on any atom is 0.359 e. The van der Waals surface area contributed by atoms with Gasteiger partial charge in [-0.3, -0.25) is 0 Å². The zero-order valence-electron chi connectivity index (χ0n) is 8.17. The number of carbonyl (C=O) groups is 1. The Balaban J connectivity index is 0.000000791. The number of methoxy groups -OCH3 is 1. The van der Waals surface area contributed by atoms with Gasteiger partial charge in [-0.25, -0.2) is 14.2 Å². The molecular formula is C9H11ClFNO2. The van der Waals surface area contributed by atoms with Gasteiger partial charge in [-0.2, -0.15) is 0 Å². The van der Waals surface area contributed by atoms with Gasteiger partial charge in [-0.05, 0) is 12.1 Å². The molecule has 0 fully saturated rings. The highest BCUT2D eigenvalue weighted by atomic mass is 35.5. The Hall–Kier alpha value is -1.16. The van der Waals surface area contributed by atoms with E-state index >= 15 is 0 Å². The maximum absolute atomic E-state index is 12.8. The molecule has 0 saturated carbocycles. The van der Waals surface area contributed by atoms with Gasteiger partial charge >= 0.3 is 5.97 Å². The van der Waals surface area contributed by atoms with E-state index in [1.54, 1.807) is 0 Å². The van der Waals surface area contributed by atoms with E-state index in [0.29, 0.717) is 0 Å². The van der Waals surface area contributed by atoms with Crippen molar-refractivity contribution in [1.29, 1.82) is 0 Å². The molecule has 0 bridgehead atoms. The zero-order valence-corrected chi connectivity index (χ0v) is 8.93. The van der Waals surface area contributed by atoms with Crippen molar-refractivity contribution in [1.82, 2.24) is 4.98 Å². The van der Waals surface area contributed by atoms with Crippen LogP contribution in [0.4, 0.5) is 4.39 Å². The normalized spacial score (nSPS) is 8.64. The minimum atomic E-state index is -0.838. The van der Waals surface area contributed by atoms with Gasteiger partial charge in [0.15, 0.2) is 11.5 Å². The molecule has 1 aromatic rings. The summed E-state index contributed by atoms with van der Waals surface area (Å²) in [7, 11) is 1.14. The standard InChI is InChI=1S/C7H5ClFNO2.C2H6/c1-12-7(11)6-4(9)2-3-5(8)10-6;1-2/h2-3H,1H3;1-2H3. The third kappa shape index (κ3) is 3.30. The van der Waals surface area contributed by atoms with Crippen molar-refractivity contribution in [3.63, 3.8) is 0 Å². The highest BCUT2D eigenvalue weighted by Gasteiger charge is 2.13. The largest absolute Gasteiger partial charge is 0.464 e. The summed E-state index contributed by atoms with van der Waals surface area (Å²) in [6.07, 6.45) is 0. The maximum atomic E-state index is 12.8. The molecule has 0 aromatic carbocycles. The van der Waals surface area contributed by atoms with Gasteiger partial charge in [0.25, 0.3) is 0 Å². The van der Waals surface area contributed by atoms with Crippen molar-refractivity contribution >= 4 is 17.6 Å². The number of rotatable bonds is 1. The first-order valence-corrected chi connectivity index (χ1v) is 4.43. The van der Waals surface area contributed by atoms with Crippen molar-refractivity contribution in [3.05, 3.63) is 28.8 Å². The summed E-state index contributed by atoms with van der Waals surface area (Å²) in [5.74, 6) is -1.58. The predicted octanol–water partition coefficient (Wildman–Crippen LogP) is 2.69. The average molecular weight is 220 g/mol. The number of pyridine rings is 1. The number of esters is 1. The topological polar surface area (TPSA) is 39.2 Å². The molecule has 0 radical (unpaired) electrons. The number of nitrogens with zero attached hydrogens (tertiary/aromatic N) is 1. The summed E-state index contributed by atoms with van der Waals surface area (Å²) in [5.41, 5.74) is -0.398. The Morgan fingerprint density at radius 1 is 1.50 bits per heavy atom. The van der Waals surface area contributed by atoms with E-state index in [1.807, 2.05) is 13.8 Å². The first-order chi connectivity index (χ1) is 6.65. The van der Waals surface area contributed by atoms with E-state index in [-0.39, 0.29) is 5.15 Å². The van der Waals surface area contributed by atoms with E-state index in [0.717, 1.165) is 13.2 Å². The van der Waals surface area contributed by atoms with Gasteiger partial charge in [0, 0.05) is 0 Å². The fraction of sp³-hybridized carbons (Fsp3) is 0.333. The van der Waals surface area contributed by atoms with Crippen molar-refractivity contribution < 1.29 is 13.9 Å². The van der Waals surface area contributed by atoms with Gasteiger partial charge in [-0.15, -0.1) is 0 Å². The van der Waals surface area contributed by atoms with Crippen LogP contribution in [0, 0.1) is 5.82 Å². The lowest BCUT2D eigenvalue weighted by Crippen LogP contribution is -2.07. The van der Waals surface area contributed by atoms with Gasteiger partial charge in [-0.1, -0.05) is 25.4 Å². The third-order valence-electron chi connectivity index (χ3n) is 1.19. The lowest BCUT2D eigenvalue weighted by atomic mass is 10.3. The number of carbonyl (C=O) groups excluding carboxylic acids is 1. The lowest BCUT2D eigenvalue weighted by molar-refractivity contribution is 0.0588. The second kappa shape index (κ2) is 6.32. The molecule has 0 saturated heterocycles. The van der Waals surface area contributed by atoms with Crippen LogP contribution >= 0.6 is 11.6 Å². The molecule has 0 N–H and O–H groups in total. The highest BCUT2D eigenvalue weighted by molar-refractivity contribution is 6.29. The Morgan fingerprint density at radius 2 is 2.07 bits per heavy atom. The number of hydrogen-bond donors (Lipinski definition) is 0. The summed E-state index contributed by atoms with van der Waals surface area (Å²) >= 11 is 5.43. The summed E-state index contributed by atoms with van der Waals surface area (Å²) in [6.45, 7) is 4.00. The van der Waals surface area contributed by atoms with Crippen LogP contribution in [0.3, 0.4) is 0 Å². The van der Waals surface area contributed by atoms with Gasteiger partial charge < -0.3 is 4.74 Å². The van der Waals surface area contributed by atoms with Crippen molar-refractivity contribution in [2.75, 3.05) is 7.11 Å². The van der Waals surface area contributed by atoms with Crippen molar-refractivity contribution in [2.45, 2.75) is 13.8 Å². The molecule has 14 heavy (non-hydrogen) atoms. The fourth-order valence-corrected chi connectivity index (χ4v) is 0.806. The summed E-state index contributed by atoms with van der Waals surface area (Å²) in [5, 5.41) is 0.0526. The smallest absolute Gasteiger partial charge is 0.359 e. The van der Waals surface area contributed by atoms with Crippen LogP contribution in [-0.4, -0.2) is 18.1 Å². The molecule has 0 spiro atoms. The Bertz CT molecular complexity index is 318. The van der Waals surface area contributed by atoms with E-state index < -0.39 is 17.5 Å². The molecule has 0 atom stereocenters. The predicted molar refractivity (Wildman–Crippen MR) is 51.9 cm³/mol. The van der Waals surface area contributed by atoms with E-state index in [4.69, 9.17) is 11.6 Å². The molecule has 0 aliphatic heterocycles. The van der Waals surface area contributed by atoms with E-state index in [9.17, 15) is 9.18 Å². The van der Waals surface area contributed by atoms with E-state index in [2.05, 4.69) is 9.72 Å². The molecule has 0 amide bonds. The molecule has 0 aliphatic carbocycles. The number of halogens is 2. The van der Waals surface area contributed by atoms with Gasteiger partial charge in [0.2, 0.25) is 0 Å². The Morgan fingerprint density at radius 3 is 2.57 bits per heavy atom. The minimum Gasteiger partial charge on any atom is -0.464 e. The van der Waals surface area contributed by atoms with Crippen molar-refractivity contribution in [2.24, 2.45) is 0 Å². The molecule has 5 heteroatoms. The summed E-state index contributed by atoms with van der Waals surface area (Å²) in [4.78, 5) is 14.3. The summed E-state index contributed by atoms with van der Waals surface area (Å²) in [6, 6.07) is 2.31. The lowest BCUT2D eigenvalue weighted by Gasteiger charge is -1.99. The van der Waals surface area contributed by atoms with Crippen LogP contribution in [0.5, 0.6) is 0 Å². The second-order valence-corrected chi connectivity index (χ2v) is 2.34. The van der Waals surface area contributed by atoms with Crippen LogP contribution in [-0.2, 0) is 4.74 Å². The molecule has 0 unspecified atom stereocenters. The van der Waals surface area contributed by atoms with Crippen LogP contribution in [0.2, 0.25) is 5.15 Å². The molecule has 0 aliphatic rings. The number of hydrogen-bond acceptors (Lipinski definition) is 3. The SMILES string of the molecule is CC.COC(=O)c1nc(Cl)ccc1F. The van der Waals surface area contributed by atoms with Crippen LogP contribution in [0.1, 0.15) is 24.3 Å². The fourth-order valence-electron chi connectivity index (χ4n) is 0.658. The molecule has 78 valence electrons. The first kappa shape index (κ1) is 12.8. The Kier molecular flexibility index (Phi) is 5.79. The number of ether oxygens (including phenoxy) is 1. The third-order valence-corrected chi connectivity index (χ3v) is 1.40. The Labute approximate surface area is 86.9 Å². The zero-order chi connectivity index (χ0) is 11.1. The molecular weight excluding hydrogens is 209 g/mol. The molecule has 1 aromatic heterocycles. The monoisotopic (exact) mass is 219 g/mol. The van der Waals surface area contributed by atoms with Crippen molar-refractivity contribution in [3.8, 4) is 0 Å². The number of aromatic nitrogens is 1. The molecule has 1 heterocycles. The molecule has 1 rings (SSSR count). The van der Waals surface area contributed by atoms with E-state index in [1.165, 1.54) is 6.07 Å². The quantitative estimate of drug-likeness (QED) is 0.539. The second-order valence-electron chi connectivity index (χ2n) is 1.96. The molecule has 3 nitrogen and oxygen atoms in total. The minimum absolute atomic E-state index is 0.0526.